The maximum Gasteiger partial charge on any atom is 0.244 e. The lowest BCUT2D eigenvalue weighted by Gasteiger charge is -2.21. The summed E-state index contributed by atoms with van der Waals surface area (Å²) >= 11 is 0. The first-order valence-electron chi connectivity index (χ1n) is 6.67. The lowest BCUT2D eigenvalue weighted by atomic mass is 9.95. The summed E-state index contributed by atoms with van der Waals surface area (Å²) in [5, 5.41) is 3.23. The van der Waals surface area contributed by atoms with Crippen LogP contribution >= 0.6 is 0 Å². The fraction of sp³-hybridized carbons (Fsp3) is 0.235. The molecule has 1 amide bonds. The number of nitrogens with two attached hydrogens (primary N) is 1. The van der Waals surface area contributed by atoms with E-state index in [0.717, 1.165) is 22.4 Å². The molecule has 104 valence electrons. The van der Waals surface area contributed by atoms with Crippen LogP contribution in [0, 0.1) is 20.8 Å². The van der Waals surface area contributed by atoms with Crippen molar-refractivity contribution < 1.29 is 4.79 Å². The van der Waals surface area contributed by atoms with Crippen LogP contribution in [0.3, 0.4) is 0 Å². The molecule has 1 atom stereocenters. The van der Waals surface area contributed by atoms with E-state index in [1.165, 1.54) is 5.56 Å². The highest BCUT2D eigenvalue weighted by Gasteiger charge is 2.21. The number of hydrogen-bond donors (Lipinski definition) is 2. The van der Waals surface area contributed by atoms with Crippen LogP contribution in [0.5, 0.6) is 0 Å². The van der Waals surface area contributed by atoms with Gasteiger partial charge < -0.3 is 11.1 Å². The first-order chi connectivity index (χ1) is 9.49. The highest BCUT2D eigenvalue weighted by atomic mass is 16.1. The van der Waals surface area contributed by atoms with Crippen LogP contribution in [0.15, 0.2) is 42.5 Å². The Bertz CT molecular complexity index is 597. The average molecular weight is 268 g/mol. The predicted octanol–water partition coefficient (Wildman–Crippen LogP) is 3.25. The number of amides is 1. The van der Waals surface area contributed by atoms with Gasteiger partial charge in [-0.2, -0.15) is 0 Å². The summed E-state index contributed by atoms with van der Waals surface area (Å²) in [5.74, 6) is -0.372. The van der Waals surface area contributed by atoms with Crippen molar-refractivity contribution in [1.82, 2.24) is 0 Å². The largest absolute Gasteiger partial charge is 0.370 e. The second-order valence-corrected chi connectivity index (χ2v) is 5.15. The van der Waals surface area contributed by atoms with E-state index in [4.69, 9.17) is 5.73 Å². The molecular weight excluding hydrogens is 248 g/mol. The number of aryl methyl sites for hydroxylation is 3. The van der Waals surface area contributed by atoms with Gasteiger partial charge in [0.1, 0.15) is 6.04 Å². The van der Waals surface area contributed by atoms with Crippen LogP contribution in [-0.2, 0) is 4.79 Å². The molecule has 2 rings (SSSR count). The van der Waals surface area contributed by atoms with Crippen molar-refractivity contribution in [3.8, 4) is 0 Å². The third-order valence-corrected chi connectivity index (χ3v) is 3.48. The number of nitrogens with one attached hydrogen (secondary N) is 1. The quantitative estimate of drug-likeness (QED) is 0.894. The zero-order valence-corrected chi connectivity index (χ0v) is 12.1. The summed E-state index contributed by atoms with van der Waals surface area (Å²) in [4.78, 5) is 11.8. The number of rotatable bonds is 4. The monoisotopic (exact) mass is 268 g/mol. The molecule has 0 bridgehead atoms. The molecule has 0 saturated heterocycles. The highest BCUT2D eigenvalue weighted by Crippen LogP contribution is 2.25. The van der Waals surface area contributed by atoms with Crippen LogP contribution in [0.25, 0.3) is 0 Å². The van der Waals surface area contributed by atoms with Crippen molar-refractivity contribution in [2.45, 2.75) is 26.8 Å². The van der Waals surface area contributed by atoms with Crippen molar-refractivity contribution in [2.24, 2.45) is 5.73 Å². The van der Waals surface area contributed by atoms with Gasteiger partial charge in [-0.25, -0.2) is 0 Å². The molecule has 20 heavy (non-hydrogen) atoms. The topological polar surface area (TPSA) is 55.1 Å². The summed E-state index contributed by atoms with van der Waals surface area (Å²) in [7, 11) is 0. The molecule has 3 nitrogen and oxygen atoms in total. The molecule has 3 heteroatoms. The van der Waals surface area contributed by atoms with E-state index in [0.29, 0.717) is 0 Å². The van der Waals surface area contributed by atoms with Gasteiger partial charge in [-0.1, -0.05) is 35.9 Å². The first-order valence-corrected chi connectivity index (χ1v) is 6.67. The molecule has 0 aliphatic rings. The van der Waals surface area contributed by atoms with Gasteiger partial charge in [-0.15, -0.1) is 0 Å². The molecule has 0 saturated carbocycles. The molecule has 0 aromatic heterocycles. The first kappa shape index (κ1) is 14.1. The lowest BCUT2D eigenvalue weighted by Crippen LogP contribution is -2.29. The minimum Gasteiger partial charge on any atom is -0.370 e. The molecule has 0 fully saturated rings. The van der Waals surface area contributed by atoms with Gasteiger partial charge in [-0.05, 0) is 49.6 Å². The number of carbonyl (C=O) groups excluding carboxylic acids is 1. The van der Waals surface area contributed by atoms with Crippen molar-refractivity contribution in [2.75, 3.05) is 5.32 Å². The summed E-state index contributed by atoms with van der Waals surface area (Å²) in [6.07, 6.45) is 0. The Balaban J connectivity index is 2.37. The van der Waals surface area contributed by atoms with Gasteiger partial charge in [0.2, 0.25) is 5.91 Å². The number of benzene rings is 2. The van der Waals surface area contributed by atoms with Gasteiger partial charge in [-0.3, -0.25) is 4.79 Å². The summed E-state index contributed by atoms with van der Waals surface area (Å²) < 4.78 is 0. The summed E-state index contributed by atoms with van der Waals surface area (Å²) in [6, 6.07) is 13.4. The Labute approximate surface area is 119 Å². The van der Waals surface area contributed by atoms with Crippen LogP contribution in [0.2, 0.25) is 0 Å². The number of hydrogen-bond acceptors (Lipinski definition) is 2. The van der Waals surface area contributed by atoms with E-state index in [-0.39, 0.29) is 5.91 Å². The van der Waals surface area contributed by atoms with E-state index in [9.17, 15) is 4.79 Å². The minimum atomic E-state index is -0.515. The summed E-state index contributed by atoms with van der Waals surface area (Å²) in [6.45, 7) is 6.02. The van der Waals surface area contributed by atoms with Gasteiger partial charge in [0, 0.05) is 5.69 Å². The zero-order valence-electron chi connectivity index (χ0n) is 12.1. The van der Waals surface area contributed by atoms with Crippen LogP contribution < -0.4 is 11.1 Å². The fourth-order valence-electron chi connectivity index (χ4n) is 2.38. The van der Waals surface area contributed by atoms with Gasteiger partial charge in [0.15, 0.2) is 0 Å². The molecule has 2 aromatic rings. The van der Waals surface area contributed by atoms with E-state index >= 15 is 0 Å². The number of anilines is 1. The normalized spacial score (nSPS) is 11.9. The van der Waals surface area contributed by atoms with Crippen LogP contribution in [0.4, 0.5) is 5.69 Å². The minimum absolute atomic E-state index is 0.372. The SMILES string of the molecule is Cc1ccc(NC(C(N)=O)c2c(C)cccc2C)cc1. The predicted molar refractivity (Wildman–Crippen MR) is 82.7 cm³/mol. The Morgan fingerprint density at radius 1 is 1.00 bits per heavy atom. The Hall–Kier alpha value is -2.29. The molecule has 0 aliphatic heterocycles. The van der Waals surface area contributed by atoms with E-state index < -0.39 is 6.04 Å². The highest BCUT2D eigenvalue weighted by molar-refractivity contribution is 5.85. The van der Waals surface area contributed by atoms with Gasteiger partial charge in [0.25, 0.3) is 0 Å². The molecule has 0 aliphatic carbocycles. The molecule has 0 radical (unpaired) electrons. The van der Waals surface area contributed by atoms with Crippen molar-refractivity contribution in [1.29, 1.82) is 0 Å². The average Bonchev–Trinajstić information content (AvgIpc) is 2.39. The summed E-state index contributed by atoms with van der Waals surface area (Å²) in [5.41, 5.74) is 10.7. The maximum atomic E-state index is 11.8. The van der Waals surface area contributed by atoms with Crippen molar-refractivity contribution in [3.63, 3.8) is 0 Å². The van der Waals surface area contributed by atoms with Crippen LogP contribution in [-0.4, -0.2) is 5.91 Å². The van der Waals surface area contributed by atoms with E-state index in [1.807, 2.05) is 63.2 Å². The smallest absolute Gasteiger partial charge is 0.244 e. The van der Waals surface area contributed by atoms with Crippen molar-refractivity contribution >= 4 is 11.6 Å². The molecule has 1 unspecified atom stereocenters. The fourth-order valence-corrected chi connectivity index (χ4v) is 2.38. The van der Waals surface area contributed by atoms with E-state index in [1.54, 1.807) is 0 Å². The zero-order chi connectivity index (χ0) is 14.7. The molecular formula is C17H20N2O. The van der Waals surface area contributed by atoms with Gasteiger partial charge in [0.05, 0.1) is 0 Å². The maximum absolute atomic E-state index is 11.8. The standard InChI is InChI=1S/C17H20N2O/c1-11-7-9-14(10-8-11)19-16(17(18)20)15-12(2)5-4-6-13(15)3/h4-10,16,19H,1-3H3,(H2,18,20). The Morgan fingerprint density at radius 3 is 2.05 bits per heavy atom. The second-order valence-electron chi connectivity index (χ2n) is 5.15. The third kappa shape index (κ3) is 2.99. The Morgan fingerprint density at radius 2 is 1.55 bits per heavy atom. The van der Waals surface area contributed by atoms with E-state index in [2.05, 4.69) is 5.32 Å². The molecule has 0 heterocycles. The number of primary amides is 1. The molecule has 0 spiro atoms. The van der Waals surface area contributed by atoms with Crippen LogP contribution in [0.1, 0.15) is 28.3 Å². The van der Waals surface area contributed by atoms with Gasteiger partial charge >= 0.3 is 0 Å². The van der Waals surface area contributed by atoms with Crippen molar-refractivity contribution in [3.05, 3.63) is 64.7 Å². The second kappa shape index (κ2) is 5.78. The molecule has 3 N–H and O–H groups in total. The molecule has 2 aromatic carbocycles. The lowest BCUT2D eigenvalue weighted by molar-refractivity contribution is -0.118. The number of carbonyl (C=O) groups is 1. The Kier molecular flexibility index (Phi) is 4.08. The third-order valence-electron chi connectivity index (χ3n) is 3.48.